The van der Waals surface area contributed by atoms with Crippen molar-refractivity contribution in [3.63, 3.8) is 0 Å². The molecule has 2 heterocycles. The molecule has 4 nitrogen and oxygen atoms in total. The lowest BCUT2D eigenvalue weighted by molar-refractivity contribution is -0.138. The number of carbonyl (C=O) groups is 1. The summed E-state index contributed by atoms with van der Waals surface area (Å²) in [6, 6.07) is 4.94. The Kier molecular flexibility index (Phi) is 5.16. The van der Waals surface area contributed by atoms with Crippen molar-refractivity contribution in [3.8, 4) is 0 Å². The van der Waals surface area contributed by atoms with Gasteiger partial charge in [0.25, 0.3) is 5.56 Å². The third-order valence-electron chi connectivity index (χ3n) is 3.06. The number of halogens is 4. The van der Waals surface area contributed by atoms with Crippen LogP contribution in [0.1, 0.15) is 10.4 Å². The standard InChI is InChI=1S/C14H12ClF3N2O2S/c1-19(7-10-3-4-11(15)23-10)13(22)8-20-6-9(14(16,17)18)2-5-12(20)21/h2-6H,7-8H2,1H3. The number of thiophene rings is 1. The van der Waals surface area contributed by atoms with Crippen LogP contribution in [0.25, 0.3) is 0 Å². The monoisotopic (exact) mass is 364 g/mol. The molecule has 2 aromatic heterocycles. The predicted molar refractivity (Wildman–Crippen MR) is 81.5 cm³/mol. The number of aromatic nitrogens is 1. The summed E-state index contributed by atoms with van der Waals surface area (Å²) >= 11 is 7.10. The molecule has 1 amide bonds. The number of nitrogens with zero attached hydrogens (tertiary/aromatic N) is 2. The Bertz CT molecular complexity index is 770. The first-order valence-corrected chi connectivity index (χ1v) is 7.62. The number of hydrogen-bond acceptors (Lipinski definition) is 3. The average Bonchev–Trinajstić information content (AvgIpc) is 2.85. The number of amides is 1. The van der Waals surface area contributed by atoms with Crippen LogP contribution in [0.2, 0.25) is 4.34 Å². The van der Waals surface area contributed by atoms with Crippen LogP contribution in [0.4, 0.5) is 13.2 Å². The molecule has 0 N–H and O–H groups in total. The molecular formula is C14H12ClF3N2O2S. The first-order valence-electron chi connectivity index (χ1n) is 6.42. The smallest absolute Gasteiger partial charge is 0.339 e. The molecule has 2 rings (SSSR count). The van der Waals surface area contributed by atoms with Gasteiger partial charge in [0.1, 0.15) is 6.54 Å². The molecule has 0 aromatic carbocycles. The van der Waals surface area contributed by atoms with Crippen molar-refractivity contribution >= 4 is 28.8 Å². The average molecular weight is 365 g/mol. The van der Waals surface area contributed by atoms with Crippen LogP contribution < -0.4 is 5.56 Å². The van der Waals surface area contributed by atoms with Crippen molar-refractivity contribution in [2.75, 3.05) is 7.05 Å². The van der Waals surface area contributed by atoms with Crippen LogP contribution in [0, 0.1) is 0 Å². The molecule has 9 heteroatoms. The molecule has 0 saturated heterocycles. The van der Waals surface area contributed by atoms with E-state index in [1.807, 2.05) is 0 Å². The largest absolute Gasteiger partial charge is 0.417 e. The van der Waals surface area contributed by atoms with Gasteiger partial charge in [-0.3, -0.25) is 9.59 Å². The summed E-state index contributed by atoms with van der Waals surface area (Å²) in [5.74, 6) is -0.476. The first-order chi connectivity index (χ1) is 10.7. The van der Waals surface area contributed by atoms with Crippen LogP contribution in [0.3, 0.4) is 0 Å². The highest BCUT2D eigenvalue weighted by Crippen LogP contribution is 2.28. The maximum absolute atomic E-state index is 12.7. The SMILES string of the molecule is CN(Cc1ccc(Cl)s1)C(=O)Cn1cc(C(F)(F)F)ccc1=O. The van der Waals surface area contributed by atoms with Gasteiger partial charge in [0.15, 0.2) is 0 Å². The Morgan fingerprint density at radius 1 is 1.30 bits per heavy atom. The normalized spacial score (nSPS) is 11.5. The molecule has 0 atom stereocenters. The highest BCUT2D eigenvalue weighted by molar-refractivity contribution is 7.16. The van der Waals surface area contributed by atoms with Crippen molar-refractivity contribution in [3.05, 3.63) is 55.6 Å². The molecule has 0 saturated carbocycles. The summed E-state index contributed by atoms with van der Waals surface area (Å²) in [6.07, 6.45) is -3.92. The minimum atomic E-state index is -4.57. The fraction of sp³-hybridized carbons (Fsp3) is 0.286. The van der Waals surface area contributed by atoms with E-state index in [0.29, 0.717) is 16.6 Å². The highest BCUT2D eigenvalue weighted by Gasteiger charge is 2.31. The number of rotatable bonds is 4. The summed E-state index contributed by atoms with van der Waals surface area (Å²) in [6.45, 7) is -0.192. The lowest BCUT2D eigenvalue weighted by atomic mass is 10.2. The third kappa shape index (κ3) is 4.59. The predicted octanol–water partition coefficient (Wildman–Crippen LogP) is 3.24. The maximum atomic E-state index is 12.7. The highest BCUT2D eigenvalue weighted by atomic mass is 35.5. The zero-order valence-electron chi connectivity index (χ0n) is 11.9. The lowest BCUT2D eigenvalue weighted by Gasteiger charge is -2.17. The van der Waals surface area contributed by atoms with E-state index in [1.54, 1.807) is 12.1 Å². The van der Waals surface area contributed by atoms with Gasteiger partial charge in [-0.2, -0.15) is 13.2 Å². The van der Waals surface area contributed by atoms with Crippen molar-refractivity contribution in [1.29, 1.82) is 0 Å². The van der Waals surface area contributed by atoms with E-state index in [9.17, 15) is 22.8 Å². The molecule has 0 aliphatic heterocycles. The Morgan fingerprint density at radius 3 is 2.57 bits per heavy atom. The summed E-state index contributed by atoms with van der Waals surface area (Å²) in [7, 11) is 1.51. The van der Waals surface area contributed by atoms with Gasteiger partial charge in [0, 0.05) is 24.2 Å². The van der Waals surface area contributed by atoms with Gasteiger partial charge in [-0.05, 0) is 18.2 Å². The Morgan fingerprint density at radius 2 is 2.00 bits per heavy atom. The van der Waals surface area contributed by atoms with E-state index in [2.05, 4.69) is 0 Å². The molecule has 0 bridgehead atoms. The summed E-state index contributed by atoms with van der Waals surface area (Å²) in [4.78, 5) is 25.9. The van der Waals surface area contributed by atoms with Gasteiger partial charge in [-0.15, -0.1) is 11.3 Å². The molecule has 0 radical (unpaired) electrons. The molecule has 0 aliphatic carbocycles. The summed E-state index contributed by atoms with van der Waals surface area (Å²) in [5, 5.41) is 0. The van der Waals surface area contributed by atoms with E-state index < -0.39 is 29.8 Å². The second-order valence-electron chi connectivity index (χ2n) is 4.84. The van der Waals surface area contributed by atoms with Crippen LogP contribution in [0.15, 0.2) is 35.3 Å². The summed E-state index contributed by atoms with van der Waals surface area (Å²) < 4.78 is 39.3. The van der Waals surface area contributed by atoms with Crippen molar-refractivity contribution in [2.45, 2.75) is 19.3 Å². The molecule has 0 fully saturated rings. The number of alkyl halides is 3. The van der Waals surface area contributed by atoms with Gasteiger partial charge in [-0.25, -0.2) is 0 Å². The topological polar surface area (TPSA) is 42.3 Å². The van der Waals surface area contributed by atoms with Gasteiger partial charge in [-0.1, -0.05) is 11.6 Å². The number of carbonyl (C=O) groups excluding carboxylic acids is 1. The second-order valence-corrected chi connectivity index (χ2v) is 6.64. The van der Waals surface area contributed by atoms with Gasteiger partial charge >= 0.3 is 6.18 Å². The van der Waals surface area contributed by atoms with Gasteiger partial charge < -0.3 is 9.47 Å². The van der Waals surface area contributed by atoms with Gasteiger partial charge in [0.05, 0.1) is 16.4 Å². The van der Waals surface area contributed by atoms with Crippen molar-refractivity contribution in [1.82, 2.24) is 9.47 Å². The number of likely N-dealkylation sites (N-methyl/N-ethyl adjacent to an activating group) is 1. The van der Waals surface area contributed by atoms with E-state index in [0.717, 1.165) is 15.5 Å². The Balaban J connectivity index is 2.11. The minimum absolute atomic E-state index is 0.268. The van der Waals surface area contributed by atoms with Gasteiger partial charge in [0.2, 0.25) is 5.91 Å². The summed E-state index contributed by atoms with van der Waals surface area (Å²) in [5.41, 5.74) is -1.64. The molecule has 0 spiro atoms. The third-order valence-corrected chi connectivity index (χ3v) is 4.28. The van der Waals surface area contributed by atoms with Crippen molar-refractivity contribution < 1.29 is 18.0 Å². The quantitative estimate of drug-likeness (QED) is 0.835. The van der Waals surface area contributed by atoms with E-state index in [1.165, 1.54) is 23.3 Å². The number of hydrogen-bond donors (Lipinski definition) is 0. The first kappa shape index (κ1) is 17.6. The van der Waals surface area contributed by atoms with Crippen LogP contribution in [-0.4, -0.2) is 22.4 Å². The second kappa shape index (κ2) is 6.76. The molecular weight excluding hydrogens is 353 g/mol. The van der Waals surface area contributed by atoms with Crippen LogP contribution in [-0.2, 0) is 24.1 Å². The molecule has 124 valence electrons. The van der Waals surface area contributed by atoms with Crippen LogP contribution >= 0.6 is 22.9 Å². The Hall–Kier alpha value is -1.80. The number of pyridine rings is 1. The minimum Gasteiger partial charge on any atom is -0.339 e. The lowest BCUT2D eigenvalue weighted by Crippen LogP contribution is -2.33. The molecule has 23 heavy (non-hydrogen) atoms. The fourth-order valence-electron chi connectivity index (χ4n) is 1.85. The van der Waals surface area contributed by atoms with E-state index >= 15 is 0 Å². The molecule has 2 aromatic rings. The molecule has 0 aliphatic rings. The van der Waals surface area contributed by atoms with Crippen LogP contribution in [0.5, 0.6) is 0 Å². The fourth-order valence-corrected chi connectivity index (χ4v) is 2.99. The van der Waals surface area contributed by atoms with E-state index in [4.69, 9.17) is 11.6 Å². The van der Waals surface area contributed by atoms with Crippen molar-refractivity contribution in [2.24, 2.45) is 0 Å². The van der Waals surface area contributed by atoms with E-state index in [-0.39, 0.29) is 6.54 Å². The Labute approximate surface area is 138 Å². The zero-order chi connectivity index (χ0) is 17.2. The zero-order valence-corrected chi connectivity index (χ0v) is 13.5. The molecule has 0 unspecified atom stereocenters. The maximum Gasteiger partial charge on any atom is 0.417 e.